The predicted molar refractivity (Wildman–Crippen MR) is 116 cm³/mol. The fraction of sp³-hybridized carbons (Fsp3) is 0.429. The largest absolute Gasteiger partial charge is 0.378 e. The molecule has 0 saturated carbocycles. The van der Waals surface area contributed by atoms with Gasteiger partial charge in [-0.25, -0.2) is 8.42 Å². The van der Waals surface area contributed by atoms with E-state index in [0.717, 1.165) is 22.5 Å². The number of benzene rings is 1. The molecule has 1 fully saturated rings. The molecule has 0 bridgehead atoms. The second-order valence-corrected chi connectivity index (χ2v) is 10.4. The van der Waals surface area contributed by atoms with Crippen LogP contribution in [0.2, 0.25) is 0 Å². The first kappa shape index (κ1) is 21.9. The zero-order valence-electron chi connectivity index (χ0n) is 17.2. The standard InChI is InChI=1S/C21H25N3O5S2/c1-15(21(26)23-9-11-29-12-10-23)22-20(25)19-18(7-13-30-19)31(27,28)24-8-6-16-4-2-3-5-17(16)14-24/h2-5,7,13,15H,6,8-12,14H2,1H3,(H,22,25). The predicted octanol–water partition coefficient (Wildman–Crippen LogP) is 1.47. The van der Waals surface area contributed by atoms with E-state index in [4.69, 9.17) is 4.74 Å². The van der Waals surface area contributed by atoms with E-state index in [1.54, 1.807) is 17.2 Å². The maximum absolute atomic E-state index is 13.3. The molecule has 1 atom stereocenters. The van der Waals surface area contributed by atoms with Crippen LogP contribution in [-0.2, 0) is 32.5 Å². The number of carbonyl (C=O) groups excluding carboxylic acids is 2. The summed E-state index contributed by atoms with van der Waals surface area (Å²) in [5, 5.41) is 4.26. The third-order valence-electron chi connectivity index (χ3n) is 5.59. The summed E-state index contributed by atoms with van der Waals surface area (Å²) in [4.78, 5) is 27.2. The third kappa shape index (κ3) is 4.52. The number of nitrogens with zero attached hydrogens (tertiary/aromatic N) is 2. The highest BCUT2D eigenvalue weighted by molar-refractivity contribution is 7.89. The van der Waals surface area contributed by atoms with Crippen LogP contribution in [-0.4, -0.2) is 68.3 Å². The lowest BCUT2D eigenvalue weighted by molar-refractivity contribution is -0.136. The van der Waals surface area contributed by atoms with Crippen LogP contribution >= 0.6 is 11.3 Å². The summed E-state index contributed by atoms with van der Waals surface area (Å²) in [5.41, 5.74) is 2.12. The Bertz CT molecular complexity index is 1080. The molecule has 10 heteroatoms. The van der Waals surface area contributed by atoms with Crippen molar-refractivity contribution < 1.29 is 22.7 Å². The van der Waals surface area contributed by atoms with Gasteiger partial charge in [0.2, 0.25) is 15.9 Å². The number of amides is 2. The molecule has 31 heavy (non-hydrogen) atoms. The summed E-state index contributed by atoms with van der Waals surface area (Å²) in [5.74, 6) is -0.759. The van der Waals surface area contributed by atoms with Crippen LogP contribution in [0.25, 0.3) is 0 Å². The van der Waals surface area contributed by atoms with Gasteiger partial charge in [0.1, 0.15) is 15.8 Å². The average Bonchev–Trinajstić information content (AvgIpc) is 3.30. The van der Waals surface area contributed by atoms with Gasteiger partial charge in [-0.2, -0.15) is 4.31 Å². The number of hydrogen-bond donors (Lipinski definition) is 1. The van der Waals surface area contributed by atoms with Crippen molar-refractivity contribution in [2.45, 2.75) is 30.8 Å². The SMILES string of the molecule is CC(NC(=O)c1sccc1S(=O)(=O)N1CCc2ccccc2C1)C(=O)N1CCOCC1. The second-order valence-electron chi connectivity index (χ2n) is 7.60. The van der Waals surface area contributed by atoms with Crippen molar-refractivity contribution in [1.29, 1.82) is 0 Å². The van der Waals surface area contributed by atoms with Gasteiger partial charge >= 0.3 is 0 Å². The lowest BCUT2D eigenvalue weighted by Gasteiger charge is -2.29. The van der Waals surface area contributed by atoms with Crippen LogP contribution in [0.15, 0.2) is 40.6 Å². The molecule has 1 aromatic carbocycles. The molecule has 2 amide bonds. The van der Waals surface area contributed by atoms with Gasteiger partial charge in [-0.3, -0.25) is 9.59 Å². The molecule has 1 aromatic heterocycles. The lowest BCUT2D eigenvalue weighted by atomic mass is 10.0. The molecule has 8 nitrogen and oxygen atoms in total. The molecule has 2 aliphatic heterocycles. The molecular weight excluding hydrogens is 438 g/mol. The van der Waals surface area contributed by atoms with E-state index >= 15 is 0 Å². The second kappa shape index (κ2) is 9.07. The monoisotopic (exact) mass is 463 g/mol. The van der Waals surface area contributed by atoms with Gasteiger partial charge < -0.3 is 15.0 Å². The van der Waals surface area contributed by atoms with E-state index < -0.39 is 22.0 Å². The van der Waals surface area contributed by atoms with Gasteiger partial charge in [0, 0.05) is 26.2 Å². The molecular formula is C21H25N3O5S2. The molecule has 1 unspecified atom stereocenters. The number of sulfonamides is 1. The average molecular weight is 464 g/mol. The zero-order valence-corrected chi connectivity index (χ0v) is 18.9. The van der Waals surface area contributed by atoms with E-state index in [0.29, 0.717) is 39.3 Å². The summed E-state index contributed by atoms with van der Waals surface area (Å²) in [6.45, 7) is 4.15. The molecule has 166 valence electrons. The first-order valence-electron chi connectivity index (χ1n) is 10.2. The fourth-order valence-electron chi connectivity index (χ4n) is 3.86. The summed E-state index contributed by atoms with van der Waals surface area (Å²) in [7, 11) is -3.84. The van der Waals surface area contributed by atoms with Crippen molar-refractivity contribution in [2.75, 3.05) is 32.8 Å². The first-order chi connectivity index (χ1) is 14.9. The van der Waals surface area contributed by atoms with Crippen LogP contribution in [0, 0.1) is 0 Å². The Hall–Kier alpha value is -2.27. The van der Waals surface area contributed by atoms with Crippen LogP contribution in [0.3, 0.4) is 0 Å². The number of rotatable bonds is 5. The number of carbonyl (C=O) groups is 2. The number of ether oxygens (including phenoxy) is 1. The van der Waals surface area contributed by atoms with Gasteiger partial charge in [0.15, 0.2) is 0 Å². The Kier molecular flexibility index (Phi) is 6.42. The maximum atomic E-state index is 13.3. The Morgan fingerprint density at radius 3 is 2.55 bits per heavy atom. The fourth-order valence-corrected chi connectivity index (χ4v) is 6.58. The number of thiophene rings is 1. The van der Waals surface area contributed by atoms with E-state index in [1.807, 2.05) is 24.3 Å². The van der Waals surface area contributed by atoms with Crippen LogP contribution in [0.4, 0.5) is 0 Å². The minimum absolute atomic E-state index is 0.0135. The van der Waals surface area contributed by atoms with E-state index in [-0.39, 0.29) is 22.2 Å². The summed E-state index contributed by atoms with van der Waals surface area (Å²) in [6.07, 6.45) is 0.631. The molecule has 2 aromatic rings. The van der Waals surface area contributed by atoms with Crippen LogP contribution in [0.1, 0.15) is 27.7 Å². The number of morpholine rings is 1. The molecule has 4 rings (SSSR count). The van der Waals surface area contributed by atoms with Crippen molar-refractivity contribution >= 4 is 33.2 Å². The molecule has 0 aliphatic carbocycles. The summed E-state index contributed by atoms with van der Waals surface area (Å²) < 4.78 is 33.3. The minimum atomic E-state index is -3.84. The first-order valence-corrected chi connectivity index (χ1v) is 12.5. The highest BCUT2D eigenvalue weighted by atomic mass is 32.2. The van der Waals surface area contributed by atoms with E-state index in [9.17, 15) is 18.0 Å². The van der Waals surface area contributed by atoms with Gasteiger partial charge in [0.25, 0.3) is 5.91 Å². The van der Waals surface area contributed by atoms with Crippen molar-refractivity contribution in [2.24, 2.45) is 0 Å². The van der Waals surface area contributed by atoms with E-state index in [2.05, 4.69) is 5.32 Å². The van der Waals surface area contributed by atoms with Crippen molar-refractivity contribution in [3.63, 3.8) is 0 Å². The lowest BCUT2D eigenvalue weighted by Crippen LogP contribution is -2.50. The normalized spacial score (nSPS) is 18.3. The third-order valence-corrected chi connectivity index (χ3v) is 8.52. The smallest absolute Gasteiger partial charge is 0.263 e. The van der Waals surface area contributed by atoms with Gasteiger partial charge in [-0.1, -0.05) is 24.3 Å². The quantitative estimate of drug-likeness (QED) is 0.725. The van der Waals surface area contributed by atoms with E-state index in [1.165, 1.54) is 10.4 Å². The Morgan fingerprint density at radius 1 is 1.10 bits per heavy atom. The molecule has 0 radical (unpaired) electrons. The van der Waals surface area contributed by atoms with Crippen LogP contribution in [0.5, 0.6) is 0 Å². The molecule has 0 spiro atoms. The van der Waals surface area contributed by atoms with Gasteiger partial charge in [0.05, 0.1) is 13.2 Å². The van der Waals surface area contributed by atoms with Crippen LogP contribution < -0.4 is 5.32 Å². The van der Waals surface area contributed by atoms with Gasteiger partial charge in [-0.15, -0.1) is 11.3 Å². The highest BCUT2D eigenvalue weighted by Gasteiger charge is 2.33. The Balaban J connectivity index is 1.49. The summed E-state index contributed by atoms with van der Waals surface area (Å²) in [6, 6.07) is 8.48. The number of nitrogens with one attached hydrogen (secondary N) is 1. The maximum Gasteiger partial charge on any atom is 0.263 e. The molecule has 1 N–H and O–H groups in total. The Morgan fingerprint density at radius 2 is 1.81 bits per heavy atom. The summed E-state index contributed by atoms with van der Waals surface area (Å²) >= 11 is 1.06. The number of hydrogen-bond acceptors (Lipinski definition) is 6. The van der Waals surface area contributed by atoms with Gasteiger partial charge in [-0.05, 0) is 35.9 Å². The van der Waals surface area contributed by atoms with Crippen molar-refractivity contribution in [3.8, 4) is 0 Å². The topological polar surface area (TPSA) is 96.0 Å². The molecule has 2 aliphatic rings. The Labute approximate surface area is 185 Å². The minimum Gasteiger partial charge on any atom is -0.378 e. The van der Waals surface area contributed by atoms with Crippen molar-refractivity contribution in [1.82, 2.24) is 14.5 Å². The highest BCUT2D eigenvalue weighted by Crippen LogP contribution is 2.29. The molecule has 1 saturated heterocycles. The zero-order chi connectivity index (χ0) is 22.0. The molecule has 3 heterocycles. The van der Waals surface area contributed by atoms with Crippen molar-refractivity contribution in [3.05, 3.63) is 51.7 Å². The number of fused-ring (bicyclic) bond motifs is 1.